The number of ether oxygens (including phenoxy) is 2. The molecule has 3 aromatic rings. The molecule has 0 saturated carbocycles. The largest absolute Gasteiger partial charge is 0.497 e. The molecule has 1 aliphatic heterocycles. The van der Waals surface area contributed by atoms with E-state index in [1.54, 1.807) is 7.11 Å². The Morgan fingerprint density at radius 3 is 2.38 bits per heavy atom. The first-order chi connectivity index (χ1) is 15.7. The minimum absolute atomic E-state index is 0. The van der Waals surface area contributed by atoms with Crippen molar-refractivity contribution in [1.82, 2.24) is 15.1 Å². The second-order valence-electron chi connectivity index (χ2n) is 8.31. The average Bonchev–Trinajstić information content (AvgIpc) is 2.83. The molecule has 0 spiro atoms. The summed E-state index contributed by atoms with van der Waals surface area (Å²) in [5.74, 6) is 2.51. The fraction of sp³-hybridized carbons (Fsp3) is 0.440. The average molecular weight is 509 g/mol. The van der Waals surface area contributed by atoms with Crippen LogP contribution in [0.4, 0.5) is 5.82 Å². The predicted octanol–water partition coefficient (Wildman–Crippen LogP) is 4.63. The molecule has 1 aliphatic rings. The number of hydrogen-bond acceptors (Lipinski definition) is 7. The summed E-state index contributed by atoms with van der Waals surface area (Å²) in [6.07, 6.45) is 2.77. The molecule has 2 aromatic carbocycles. The molecule has 186 valence electrons. The number of aryl methyl sites for hydroxylation is 1. The van der Waals surface area contributed by atoms with Crippen LogP contribution in [0.2, 0.25) is 0 Å². The van der Waals surface area contributed by atoms with Gasteiger partial charge in [0.15, 0.2) is 5.82 Å². The van der Waals surface area contributed by atoms with Crippen LogP contribution in [0.5, 0.6) is 11.5 Å². The Bertz CT molecular complexity index is 1030. The number of methoxy groups -OCH3 is 1. The van der Waals surface area contributed by atoms with Crippen LogP contribution in [0.3, 0.4) is 0 Å². The lowest BCUT2D eigenvalue weighted by Gasteiger charge is -2.32. The highest BCUT2D eigenvalue weighted by molar-refractivity contribution is 5.94. The van der Waals surface area contributed by atoms with Crippen molar-refractivity contribution >= 4 is 41.4 Å². The first kappa shape index (κ1) is 27.9. The summed E-state index contributed by atoms with van der Waals surface area (Å²) in [7, 11) is 1.68. The third-order valence-electron chi connectivity index (χ3n) is 6.00. The van der Waals surface area contributed by atoms with Crippen LogP contribution in [-0.2, 0) is 6.54 Å². The molecule has 1 saturated heterocycles. The molecular formula is C25H34Cl2N4O3. The monoisotopic (exact) mass is 508 g/mol. The Balaban J connectivity index is 0.00000204. The van der Waals surface area contributed by atoms with E-state index in [1.165, 1.54) is 5.56 Å². The molecule has 0 atom stereocenters. The van der Waals surface area contributed by atoms with E-state index in [1.807, 2.05) is 31.2 Å². The van der Waals surface area contributed by atoms with E-state index >= 15 is 0 Å². The lowest BCUT2D eigenvalue weighted by atomic mass is 10.0. The molecule has 2 N–H and O–H groups in total. The van der Waals surface area contributed by atoms with Gasteiger partial charge in [0.1, 0.15) is 11.5 Å². The number of nitrogens with one attached hydrogen (secondary N) is 1. The van der Waals surface area contributed by atoms with Gasteiger partial charge in [-0.2, -0.15) is 5.10 Å². The van der Waals surface area contributed by atoms with Crippen molar-refractivity contribution in [2.75, 3.05) is 38.7 Å². The van der Waals surface area contributed by atoms with Gasteiger partial charge in [0.25, 0.3) is 0 Å². The van der Waals surface area contributed by atoms with Gasteiger partial charge in [0, 0.05) is 49.5 Å². The molecule has 0 radical (unpaired) electrons. The lowest BCUT2D eigenvalue weighted by molar-refractivity contribution is 0.211. The van der Waals surface area contributed by atoms with Crippen LogP contribution in [0, 0.1) is 6.92 Å². The van der Waals surface area contributed by atoms with E-state index in [0.717, 1.165) is 66.3 Å². The maximum absolute atomic E-state index is 8.85. The minimum atomic E-state index is 0. The number of piperidine rings is 1. The van der Waals surface area contributed by atoms with Crippen molar-refractivity contribution in [1.29, 1.82) is 0 Å². The van der Waals surface area contributed by atoms with Gasteiger partial charge in [0.05, 0.1) is 19.4 Å². The zero-order valence-electron chi connectivity index (χ0n) is 19.7. The first-order valence-electron chi connectivity index (χ1n) is 11.3. The Morgan fingerprint density at radius 2 is 1.71 bits per heavy atom. The van der Waals surface area contributed by atoms with Gasteiger partial charge in [-0.25, -0.2) is 0 Å². The fourth-order valence-electron chi connectivity index (χ4n) is 4.13. The van der Waals surface area contributed by atoms with Crippen LogP contribution in [0.15, 0.2) is 42.5 Å². The predicted molar refractivity (Wildman–Crippen MR) is 141 cm³/mol. The normalized spacial score (nSPS) is 14.2. The lowest BCUT2D eigenvalue weighted by Crippen LogP contribution is -2.38. The van der Waals surface area contributed by atoms with E-state index in [0.29, 0.717) is 19.1 Å². The standard InChI is InChI=1S/C25H32N4O3.2ClH/c1-18-23-9-8-22(31-2)16-24(23)25(28-27-18)26-20-10-12-29(13-11-20)17-19-4-6-21(7-5-19)32-15-3-14-30;;/h4-9,16,20,30H,3,10-15,17H2,1-2H3,(H,26,28);2*1H. The molecule has 1 aromatic heterocycles. The van der Waals surface area contributed by atoms with Gasteiger partial charge in [0.2, 0.25) is 0 Å². The molecule has 0 bridgehead atoms. The van der Waals surface area contributed by atoms with Crippen LogP contribution >= 0.6 is 24.8 Å². The van der Waals surface area contributed by atoms with Crippen LogP contribution in [0.25, 0.3) is 10.8 Å². The molecular weight excluding hydrogens is 475 g/mol. The topological polar surface area (TPSA) is 79.7 Å². The van der Waals surface area contributed by atoms with Crippen molar-refractivity contribution in [2.24, 2.45) is 0 Å². The summed E-state index contributed by atoms with van der Waals surface area (Å²) in [5.41, 5.74) is 2.21. The number of aliphatic hydroxyl groups excluding tert-OH is 1. The van der Waals surface area contributed by atoms with Crippen LogP contribution in [-0.4, -0.2) is 59.7 Å². The molecule has 1 fully saturated rings. The first-order valence-corrected chi connectivity index (χ1v) is 11.3. The molecule has 0 unspecified atom stereocenters. The molecule has 9 heteroatoms. The van der Waals surface area contributed by atoms with E-state index in [9.17, 15) is 0 Å². The van der Waals surface area contributed by atoms with Crippen molar-refractivity contribution in [3.8, 4) is 11.5 Å². The van der Waals surface area contributed by atoms with Crippen molar-refractivity contribution in [3.05, 3.63) is 53.7 Å². The summed E-state index contributed by atoms with van der Waals surface area (Å²) >= 11 is 0. The van der Waals surface area contributed by atoms with E-state index in [4.69, 9.17) is 14.6 Å². The van der Waals surface area contributed by atoms with Gasteiger partial charge in [-0.3, -0.25) is 4.90 Å². The third kappa shape index (κ3) is 7.09. The fourth-order valence-corrected chi connectivity index (χ4v) is 4.13. The SMILES string of the molecule is COc1ccc2c(C)nnc(NC3CCN(Cc4ccc(OCCCO)cc4)CC3)c2c1.Cl.Cl. The number of fused-ring (bicyclic) bond motifs is 1. The number of rotatable bonds is 9. The Kier molecular flexibility index (Phi) is 11.1. The van der Waals surface area contributed by atoms with Crippen LogP contribution in [0.1, 0.15) is 30.5 Å². The van der Waals surface area contributed by atoms with Gasteiger partial charge in [-0.15, -0.1) is 29.9 Å². The number of likely N-dealkylation sites (tertiary alicyclic amines) is 1. The van der Waals surface area contributed by atoms with E-state index < -0.39 is 0 Å². The zero-order chi connectivity index (χ0) is 22.3. The molecule has 34 heavy (non-hydrogen) atoms. The van der Waals surface area contributed by atoms with E-state index in [2.05, 4.69) is 38.6 Å². The highest BCUT2D eigenvalue weighted by Gasteiger charge is 2.21. The maximum atomic E-state index is 8.85. The highest BCUT2D eigenvalue weighted by Crippen LogP contribution is 2.28. The number of halogens is 2. The smallest absolute Gasteiger partial charge is 0.156 e. The second-order valence-corrected chi connectivity index (χ2v) is 8.31. The van der Waals surface area contributed by atoms with Gasteiger partial charge < -0.3 is 19.9 Å². The summed E-state index contributed by atoms with van der Waals surface area (Å²) in [6.45, 7) is 5.69. The Hall–Kier alpha value is -2.32. The number of hydrogen-bond donors (Lipinski definition) is 2. The zero-order valence-corrected chi connectivity index (χ0v) is 21.3. The summed E-state index contributed by atoms with van der Waals surface area (Å²) in [6, 6.07) is 14.7. The van der Waals surface area contributed by atoms with E-state index in [-0.39, 0.29) is 31.4 Å². The maximum Gasteiger partial charge on any atom is 0.156 e. The highest BCUT2D eigenvalue weighted by atomic mass is 35.5. The Labute approximate surface area is 213 Å². The number of aromatic nitrogens is 2. The van der Waals surface area contributed by atoms with Crippen molar-refractivity contribution < 1.29 is 14.6 Å². The molecule has 0 aliphatic carbocycles. The number of benzene rings is 2. The number of nitrogens with zero attached hydrogens (tertiary/aromatic N) is 3. The molecule has 7 nitrogen and oxygen atoms in total. The second kappa shape index (κ2) is 13.5. The third-order valence-corrected chi connectivity index (χ3v) is 6.00. The molecule has 2 heterocycles. The summed E-state index contributed by atoms with van der Waals surface area (Å²) < 4.78 is 11.0. The minimum Gasteiger partial charge on any atom is -0.497 e. The van der Waals surface area contributed by atoms with Crippen molar-refractivity contribution in [3.63, 3.8) is 0 Å². The quantitative estimate of drug-likeness (QED) is 0.407. The van der Waals surface area contributed by atoms with Gasteiger partial charge >= 0.3 is 0 Å². The Morgan fingerprint density at radius 1 is 1.00 bits per heavy atom. The number of aliphatic hydroxyl groups is 1. The van der Waals surface area contributed by atoms with Gasteiger partial charge in [-0.1, -0.05) is 12.1 Å². The van der Waals surface area contributed by atoms with Gasteiger partial charge in [-0.05, 0) is 55.7 Å². The number of anilines is 1. The molecule has 0 amide bonds. The summed E-state index contributed by atoms with van der Waals surface area (Å²) in [4.78, 5) is 2.49. The van der Waals surface area contributed by atoms with Crippen LogP contribution < -0.4 is 14.8 Å². The molecule has 4 rings (SSSR count). The summed E-state index contributed by atoms with van der Waals surface area (Å²) in [5, 5.41) is 23.4. The van der Waals surface area contributed by atoms with Crippen molar-refractivity contribution in [2.45, 2.75) is 38.8 Å².